The summed E-state index contributed by atoms with van der Waals surface area (Å²) < 4.78 is 18.3. The molecule has 334 valence electrons. The molecule has 0 N–H and O–H groups in total. The summed E-state index contributed by atoms with van der Waals surface area (Å²) in [5.74, 6) is 1.55. The fraction of sp³-hybridized carbons (Fsp3) is 0. The summed E-state index contributed by atoms with van der Waals surface area (Å²) in [5, 5.41) is 13.1. The molecule has 7 heteroatoms. The summed E-state index contributed by atoms with van der Waals surface area (Å²) in [6, 6.07) is 79.1. The van der Waals surface area contributed by atoms with Gasteiger partial charge in [0.1, 0.15) is 22.3 Å². The number of hydrogen-bond acceptors (Lipinski definition) is 5. The van der Waals surface area contributed by atoms with Crippen LogP contribution in [0.25, 0.3) is 155 Å². The lowest BCUT2D eigenvalue weighted by atomic mass is 10.0. The lowest BCUT2D eigenvalue weighted by Crippen LogP contribution is -2.05. The Bertz CT molecular complexity index is 4940. The van der Waals surface area contributed by atoms with Gasteiger partial charge in [0.25, 0.3) is 0 Å². The molecular weight excluding hydrogens is 883 g/mol. The van der Waals surface area contributed by atoms with E-state index >= 15 is 0 Å². The van der Waals surface area contributed by atoms with Gasteiger partial charge in [-0.05, 0) is 94.3 Å². The quantitative estimate of drug-likeness (QED) is 0.172. The monoisotopic (exact) mass is 919 g/mol. The third kappa shape index (κ3) is 5.64. The summed E-state index contributed by atoms with van der Waals surface area (Å²) in [7, 11) is 0. The first-order chi connectivity index (χ1) is 35.7. The summed E-state index contributed by atoms with van der Waals surface area (Å²) in [5.41, 5.74) is 11.7. The van der Waals surface area contributed by atoms with Crippen molar-refractivity contribution in [3.63, 3.8) is 0 Å². The molecule has 0 unspecified atom stereocenters. The minimum absolute atomic E-state index is 0.501. The highest BCUT2D eigenvalue weighted by Crippen LogP contribution is 2.44. The molecule has 5 heterocycles. The van der Waals surface area contributed by atoms with Crippen LogP contribution in [0.4, 0.5) is 0 Å². The SMILES string of the molecule is c1ccc(-n2c3ccccc3c3cccc(-c4nc(-c5cc6c(cc5-n5c7ccccc7c7cc8ccccc8cc75)oc5cc7ccccc7cc56)nc(-c5cccc6c5oc5ccccc56)n4)c32)cc1. The highest BCUT2D eigenvalue weighted by atomic mass is 16.3. The van der Waals surface area contributed by atoms with Gasteiger partial charge in [-0.3, -0.25) is 0 Å². The lowest BCUT2D eigenvalue weighted by Gasteiger charge is -2.16. The van der Waals surface area contributed by atoms with Crippen molar-refractivity contribution in [2.45, 2.75) is 0 Å². The highest BCUT2D eigenvalue weighted by molar-refractivity contribution is 6.17. The van der Waals surface area contributed by atoms with Gasteiger partial charge in [0.2, 0.25) is 0 Å². The molecule has 0 saturated carbocycles. The predicted octanol–water partition coefficient (Wildman–Crippen LogP) is 17.2. The lowest BCUT2D eigenvalue weighted by molar-refractivity contribution is 0.669. The van der Waals surface area contributed by atoms with Gasteiger partial charge in [0, 0.05) is 66.0 Å². The molecule has 5 aromatic heterocycles. The van der Waals surface area contributed by atoms with Gasteiger partial charge < -0.3 is 18.0 Å². The third-order valence-electron chi connectivity index (χ3n) is 14.7. The normalized spacial score (nSPS) is 12.2. The summed E-state index contributed by atoms with van der Waals surface area (Å²) in [6.45, 7) is 0. The fourth-order valence-electron chi connectivity index (χ4n) is 11.5. The van der Waals surface area contributed by atoms with Crippen molar-refractivity contribution in [2.75, 3.05) is 0 Å². The number of rotatable bonds is 5. The van der Waals surface area contributed by atoms with E-state index in [4.69, 9.17) is 23.8 Å². The Labute approximate surface area is 410 Å². The fourth-order valence-corrected chi connectivity index (χ4v) is 11.5. The Morgan fingerprint density at radius 2 is 0.819 bits per heavy atom. The van der Waals surface area contributed by atoms with Crippen LogP contribution in [-0.2, 0) is 0 Å². The van der Waals surface area contributed by atoms with E-state index in [2.05, 4.69) is 215 Å². The number of hydrogen-bond donors (Lipinski definition) is 0. The molecule has 11 aromatic carbocycles. The van der Waals surface area contributed by atoms with Gasteiger partial charge in [-0.15, -0.1) is 0 Å². The molecule has 0 radical (unpaired) electrons. The molecule has 7 nitrogen and oxygen atoms in total. The Morgan fingerprint density at radius 3 is 1.58 bits per heavy atom. The van der Waals surface area contributed by atoms with Gasteiger partial charge in [-0.1, -0.05) is 146 Å². The molecule has 0 atom stereocenters. The van der Waals surface area contributed by atoms with Gasteiger partial charge in [-0.25, -0.2) is 15.0 Å². The maximum absolute atomic E-state index is 6.90. The topological polar surface area (TPSA) is 74.8 Å². The first-order valence-corrected chi connectivity index (χ1v) is 24.2. The van der Waals surface area contributed by atoms with Crippen molar-refractivity contribution in [2.24, 2.45) is 0 Å². The maximum atomic E-state index is 6.90. The van der Waals surface area contributed by atoms with Crippen LogP contribution in [-0.4, -0.2) is 24.1 Å². The molecule has 0 aliphatic carbocycles. The summed E-state index contributed by atoms with van der Waals surface area (Å²) in [4.78, 5) is 16.8. The standard InChI is InChI=1S/C65H37N5O2/c1-2-20-42(21-3-1)69-54-29-11-8-22-43(54)46-25-14-27-48(61(46)69)63-66-64(49-28-15-26-47-45-24-10-13-31-58(45)72-62(47)49)68-65(67-63)53-36-52-51-33-39-17-5-7-19-41(39)35-59(51)71-60(52)37-57(53)70-55-30-12-9-23-44(55)50-32-38-16-4-6-18-40(38)34-56(50)70/h1-37H. The summed E-state index contributed by atoms with van der Waals surface area (Å²) in [6.07, 6.45) is 0. The van der Waals surface area contributed by atoms with Crippen LogP contribution in [0.1, 0.15) is 0 Å². The van der Waals surface area contributed by atoms with Crippen LogP contribution in [0.5, 0.6) is 0 Å². The molecule has 16 rings (SSSR count). The van der Waals surface area contributed by atoms with E-state index in [1.54, 1.807) is 0 Å². The van der Waals surface area contributed by atoms with Crippen molar-refractivity contribution in [3.8, 4) is 45.5 Å². The molecule has 0 saturated heterocycles. The minimum Gasteiger partial charge on any atom is -0.456 e. The smallest absolute Gasteiger partial charge is 0.167 e. The number of benzene rings is 11. The van der Waals surface area contributed by atoms with E-state index in [1.165, 1.54) is 5.39 Å². The van der Waals surface area contributed by atoms with Crippen molar-refractivity contribution in [1.82, 2.24) is 24.1 Å². The van der Waals surface area contributed by atoms with Gasteiger partial charge in [0.15, 0.2) is 17.5 Å². The predicted molar refractivity (Wildman–Crippen MR) is 294 cm³/mol. The van der Waals surface area contributed by atoms with E-state index in [9.17, 15) is 0 Å². The number of aromatic nitrogens is 5. The molecule has 72 heavy (non-hydrogen) atoms. The maximum Gasteiger partial charge on any atom is 0.167 e. The molecule has 0 fully saturated rings. The zero-order valence-corrected chi connectivity index (χ0v) is 38.4. The molecule has 16 aromatic rings. The molecular formula is C65H37N5O2. The van der Waals surface area contributed by atoms with Crippen molar-refractivity contribution in [1.29, 1.82) is 0 Å². The molecule has 0 amide bonds. The van der Waals surface area contributed by atoms with E-state index in [1.807, 2.05) is 18.2 Å². The Balaban J connectivity index is 1.06. The second-order valence-electron chi connectivity index (χ2n) is 18.7. The number of furan rings is 2. The average Bonchev–Trinajstić information content (AvgIpc) is 4.19. The molecule has 0 aliphatic heterocycles. The zero-order chi connectivity index (χ0) is 47.0. The van der Waals surface area contributed by atoms with Crippen LogP contribution < -0.4 is 0 Å². The number of para-hydroxylation sites is 6. The Hall–Kier alpha value is -9.85. The van der Waals surface area contributed by atoms with E-state index in [0.29, 0.717) is 17.5 Å². The first-order valence-electron chi connectivity index (χ1n) is 24.2. The van der Waals surface area contributed by atoms with Crippen LogP contribution in [0, 0.1) is 0 Å². The van der Waals surface area contributed by atoms with Crippen LogP contribution >= 0.6 is 0 Å². The van der Waals surface area contributed by atoms with Gasteiger partial charge >= 0.3 is 0 Å². The van der Waals surface area contributed by atoms with Crippen LogP contribution in [0.15, 0.2) is 233 Å². The first kappa shape index (κ1) is 39.0. The van der Waals surface area contributed by atoms with E-state index < -0.39 is 0 Å². The summed E-state index contributed by atoms with van der Waals surface area (Å²) >= 11 is 0. The molecule has 0 spiro atoms. The second-order valence-corrected chi connectivity index (χ2v) is 18.7. The number of fused-ring (bicyclic) bond motifs is 14. The van der Waals surface area contributed by atoms with Crippen molar-refractivity contribution >= 4 is 109 Å². The van der Waals surface area contributed by atoms with Gasteiger partial charge in [0.05, 0.1) is 33.3 Å². The molecule has 0 bridgehead atoms. The Kier molecular flexibility index (Phi) is 8.04. The van der Waals surface area contributed by atoms with Crippen LogP contribution in [0.2, 0.25) is 0 Å². The van der Waals surface area contributed by atoms with Crippen molar-refractivity contribution < 1.29 is 8.83 Å². The van der Waals surface area contributed by atoms with E-state index in [-0.39, 0.29) is 0 Å². The third-order valence-corrected chi connectivity index (χ3v) is 14.7. The highest BCUT2D eigenvalue weighted by Gasteiger charge is 2.26. The zero-order valence-electron chi connectivity index (χ0n) is 38.4. The number of nitrogens with zero attached hydrogens (tertiary/aromatic N) is 5. The average molecular weight is 920 g/mol. The van der Waals surface area contributed by atoms with E-state index in [0.717, 1.165) is 132 Å². The van der Waals surface area contributed by atoms with Crippen molar-refractivity contribution in [3.05, 3.63) is 224 Å². The van der Waals surface area contributed by atoms with Crippen LogP contribution in [0.3, 0.4) is 0 Å². The second kappa shape index (κ2) is 14.8. The van der Waals surface area contributed by atoms with Gasteiger partial charge in [-0.2, -0.15) is 0 Å². The molecule has 0 aliphatic rings. The minimum atomic E-state index is 0.501. The Morgan fingerprint density at radius 1 is 0.292 bits per heavy atom. The largest absolute Gasteiger partial charge is 0.456 e.